The molecule has 228 valence electrons. The lowest BCUT2D eigenvalue weighted by Gasteiger charge is -2.04. The molecule has 44 heavy (non-hydrogen) atoms. The molecule has 5 rings (SSSR count). The number of aromatic nitrogens is 4. The number of carbonyl (C=O) groups excluding carboxylic acids is 2. The molecule has 2 aliphatic heterocycles. The van der Waals surface area contributed by atoms with Crippen molar-refractivity contribution in [3.05, 3.63) is 75.4 Å². The summed E-state index contributed by atoms with van der Waals surface area (Å²) in [5.41, 5.74) is 15.8. The van der Waals surface area contributed by atoms with Gasteiger partial charge in [0.05, 0.1) is 37.0 Å². The molecule has 2 N–H and O–H groups in total. The van der Waals surface area contributed by atoms with Crippen molar-refractivity contribution in [1.82, 2.24) is 19.9 Å². The van der Waals surface area contributed by atoms with Gasteiger partial charge >= 0.3 is 11.9 Å². The van der Waals surface area contributed by atoms with Crippen molar-refractivity contribution in [3.63, 3.8) is 0 Å². The molecule has 0 radical (unpaired) electrons. The summed E-state index contributed by atoms with van der Waals surface area (Å²) in [5.74, 6) is -0.710. The van der Waals surface area contributed by atoms with Gasteiger partial charge < -0.3 is 19.4 Å². The number of esters is 2. The monoisotopic (exact) mass is 592 g/mol. The molecule has 0 amide bonds. The van der Waals surface area contributed by atoms with E-state index in [2.05, 4.69) is 49.8 Å². The second-order valence-corrected chi connectivity index (χ2v) is 11.2. The Balaban J connectivity index is 1.93. The van der Waals surface area contributed by atoms with Gasteiger partial charge in [-0.3, -0.25) is 4.79 Å². The third-order valence-corrected chi connectivity index (χ3v) is 8.82. The molecule has 0 aromatic carbocycles. The molecule has 5 heterocycles. The third-order valence-electron chi connectivity index (χ3n) is 8.82. The van der Waals surface area contributed by atoms with E-state index in [-0.39, 0.29) is 12.4 Å². The van der Waals surface area contributed by atoms with Gasteiger partial charge in [0, 0.05) is 40.1 Å². The summed E-state index contributed by atoms with van der Waals surface area (Å²) in [7, 11) is 2.76. The SMILES string of the molecule is CCC1=C(C)c2cc3nc(cc4[nH]c(cc5[nH]c(cc1n2)c(C)c5CC)c(C)c4/C=C/C(=O)OC)C(CCC(=O)OC)=C3C. The van der Waals surface area contributed by atoms with Crippen LogP contribution in [0.2, 0.25) is 0 Å². The van der Waals surface area contributed by atoms with Gasteiger partial charge in [-0.25, -0.2) is 14.8 Å². The standard InChI is InChI=1S/C36H40N4O4/c1-9-23-19(3)27-15-28-21(5)25(11-13-35(41)43-7)33(39-28)18-34-26(12-14-36(42)44-8)22(6)30(40-34)17-32-24(10-2)20(4)29(38-32)16-31(23)37-27/h12,14-18,38,40H,9-11,13H2,1-8H3/b14-12+,27-15?,28-15?,29-16?,30-17?,31-16?,32-17?,33-18?,34-18?. The summed E-state index contributed by atoms with van der Waals surface area (Å²) in [6.07, 6.45) is 5.65. The van der Waals surface area contributed by atoms with E-state index in [1.807, 2.05) is 26.0 Å². The number of rotatable bonds is 7. The minimum Gasteiger partial charge on any atom is -0.469 e. The van der Waals surface area contributed by atoms with Crippen molar-refractivity contribution >= 4 is 62.4 Å². The number of methoxy groups -OCH3 is 2. The zero-order valence-corrected chi connectivity index (χ0v) is 26.8. The predicted octanol–water partition coefficient (Wildman–Crippen LogP) is 7.90. The Morgan fingerprint density at radius 3 is 1.98 bits per heavy atom. The van der Waals surface area contributed by atoms with E-state index in [9.17, 15) is 9.59 Å². The third kappa shape index (κ3) is 5.64. The molecule has 0 saturated carbocycles. The second-order valence-electron chi connectivity index (χ2n) is 11.2. The summed E-state index contributed by atoms with van der Waals surface area (Å²) in [6.45, 7) is 12.7. The van der Waals surface area contributed by atoms with E-state index in [1.165, 1.54) is 37.0 Å². The highest BCUT2D eigenvalue weighted by atomic mass is 16.5. The van der Waals surface area contributed by atoms with Crippen LogP contribution in [0.4, 0.5) is 0 Å². The quantitative estimate of drug-likeness (QED) is 0.213. The highest BCUT2D eigenvalue weighted by Gasteiger charge is 2.21. The summed E-state index contributed by atoms with van der Waals surface area (Å²) in [6, 6.07) is 8.34. The number of aryl methyl sites for hydroxylation is 3. The molecule has 2 aliphatic rings. The number of H-pyrrole nitrogens is 2. The number of nitrogens with one attached hydrogen (secondary N) is 2. The van der Waals surface area contributed by atoms with Gasteiger partial charge in [0.2, 0.25) is 0 Å². The number of ether oxygens (including phenoxy) is 2. The Hall–Kier alpha value is -4.72. The zero-order valence-electron chi connectivity index (χ0n) is 26.8. The fraction of sp³-hybridized carbons (Fsp3) is 0.333. The Kier molecular flexibility index (Phi) is 8.72. The fourth-order valence-corrected chi connectivity index (χ4v) is 6.16. The van der Waals surface area contributed by atoms with Crippen molar-refractivity contribution in [2.75, 3.05) is 14.2 Å². The fourth-order valence-electron chi connectivity index (χ4n) is 6.16. The molecular formula is C36H40N4O4. The number of fused-ring (bicyclic) bond motifs is 8. The van der Waals surface area contributed by atoms with Crippen LogP contribution in [0.15, 0.2) is 30.3 Å². The first-order valence-electron chi connectivity index (χ1n) is 15.1. The molecule has 8 bridgehead atoms. The van der Waals surface area contributed by atoms with E-state index in [0.29, 0.717) is 6.42 Å². The van der Waals surface area contributed by atoms with Crippen molar-refractivity contribution in [2.24, 2.45) is 0 Å². The van der Waals surface area contributed by atoms with Gasteiger partial charge in [-0.2, -0.15) is 0 Å². The van der Waals surface area contributed by atoms with Crippen LogP contribution in [0.25, 0.3) is 50.4 Å². The summed E-state index contributed by atoms with van der Waals surface area (Å²) >= 11 is 0. The first-order valence-corrected chi connectivity index (χ1v) is 15.1. The first kappa shape index (κ1) is 30.7. The average Bonchev–Trinajstić information content (AvgIpc) is 3.67. The highest BCUT2D eigenvalue weighted by Crippen LogP contribution is 2.37. The molecule has 8 heteroatoms. The number of carbonyl (C=O) groups is 2. The van der Waals surface area contributed by atoms with Crippen LogP contribution in [0.1, 0.15) is 92.0 Å². The number of hydrogen-bond acceptors (Lipinski definition) is 6. The maximum atomic E-state index is 12.2. The summed E-state index contributed by atoms with van der Waals surface area (Å²) in [4.78, 5) is 41.7. The van der Waals surface area contributed by atoms with Crippen LogP contribution in [-0.2, 0) is 25.5 Å². The Morgan fingerprint density at radius 1 is 0.727 bits per heavy atom. The molecule has 0 fully saturated rings. The lowest BCUT2D eigenvalue weighted by atomic mass is 10.00. The second kappa shape index (κ2) is 12.5. The van der Waals surface area contributed by atoms with E-state index in [1.54, 1.807) is 6.08 Å². The van der Waals surface area contributed by atoms with Gasteiger partial charge in [0.1, 0.15) is 0 Å². The average molecular weight is 593 g/mol. The van der Waals surface area contributed by atoms with E-state index < -0.39 is 5.97 Å². The Bertz CT molecular complexity index is 1930. The molecule has 0 spiro atoms. The van der Waals surface area contributed by atoms with Crippen molar-refractivity contribution in [1.29, 1.82) is 0 Å². The summed E-state index contributed by atoms with van der Waals surface area (Å²) < 4.78 is 9.82. The molecule has 8 nitrogen and oxygen atoms in total. The summed E-state index contributed by atoms with van der Waals surface area (Å²) in [5, 5.41) is 0. The number of hydrogen-bond donors (Lipinski definition) is 2. The van der Waals surface area contributed by atoms with Crippen LogP contribution >= 0.6 is 0 Å². The minimum absolute atomic E-state index is 0.238. The van der Waals surface area contributed by atoms with E-state index >= 15 is 0 Å². The maximum absolute atomic E-state index is 12.2. The molecular weight excluding hydrogens is 552 g/mol. The molecule has 3 aromatic rings. The lowest BCUT2D eigenvalue weighted by Crippen LogP contribution is -2.00. The van der Waals surface area contributed by atoms with Crippen molar-refractivity contribution < 1.29 is 19.1 Å². The van der Waals surface area contributed by atoms with Crippen molar-refractivity contribution in [3.8, 4) is 0 Å². The van der Waals surface area contributed by atoms with Crippen LogP contribution in [-0.4, -0.2) is 46.1 Å². The molecule has 0 saturated heterocycles. The van der Waals surface area contributed by atoms with Crippen LogP contribution in [0.3, 0.4) is 0 Å². The van der Waals surface area contributed by atoms with Gasteiger partial charge in [0.25, 0.3) is 0 Å². The van der Waals surface area contributed by atoms with Gasteiger partial charge in [0.15, 0.2) is 0 Å². The normalized spacial score (nSPS) is 13.3. The smallest absolute Gasteiger partial charge is 0.330 e. The molecule has 0 aliphatic carbocycles. The number of allylic oxidation sites excluding steroid dienone is 4. The topological polar surface area (TPSA) is 110 Å². The zero-order chi connectivity index (χ0) is 31.7. The first-order chi connectivity index (χ1) is 21.1. The Labute approximate surface area is 258 Å². The van der Waals surface area contributed by atoms with Crippen LogP contribution in [0.5, 0.6) is 0 Å². The molecule has 0 atom stereocenters. The largest absolute Gasteiger partial charge is 0.469 e. The van der Waals surface area contributed by atoms with Crippen LogP contribution in [0, 0.1) is 13.8 Å². The van der Waals surface area contributed by atoms with Crippen LogP contribution < -0.4 is 0 Å². The van der Waals surface area contributed by atoms with Gasteiger partial charge in [-0.05, 0) is 116 Å². The van der Waals surface area contributed by atoms with Gasteiger partial charge in [-0.1, -0.05) is 13.8 Å². The highest BCUT2D eigenvalue weighted by molar-refractivity contribution is 5.97. The number of nitrogens with zero attached hydrogens (tertiary/aromatic N) is 2. The Morgan fingerprint density at radius 2 is 1.34 bits per heavy atom. The molecule has 0 unspecified atom stereocenters. The predicted molar refractivity (Wildman–Crippen MR) is 177 cm³/mol. The van der Waals surface area contributed by atoms with E-state index in [4.69, 9.17) is 19.4 Å². The van der Waals surface area contributed by atoms with Crippen molar-refractivity contribution in [2.45, 2.75) is 67.2 Å². The lowest BCUT2D eigenvalue weighted by molar-refractivity contribution is -0.140. The van der Waals surface area contributed by atoms with Gasteiger partial charge in [-0.15, -0.1) is 0 Å². The minimum atomic E-state index is -0.435. The van der Waals surface area contributed by atoms with E-state index in [0.717, 1.165) is 85.5 Å². The number of aromatic amines is 2. The maximum Gasteiger partial charge on any atom is 0.330 e. The molecule has 3 aromatic heterocycles.